The van der Waals surface area contributed by atoms with Crippen LogP contribution in [0.4, 0.5) is 15.8 Å². The molecule has 0 atom stereocenters. The van der Waals surface area contributed by atoms with Crippen LogP contribution < -0.4 is 16.8 Å². The summed E-state index contributed by atoms with van der Waals surface area (Å²) in [5, 5.41) is 3.00. The molecule has 0 fully saturated rings. The summed E-state index contributed by atoms with van der Waals surface area (Å²) in [7, 11) is 0. The van der Waals surface area contributed by atoms with E-state index in [1.807, 2.05) is 0 Å². The van der Waals surface area contributed by atoms with Gasteiger partial charge in [-0.3, -0.25) is 4.79 Å². The highest BCUT2D eigenvalue weighted by Gasteiger charge is 2.11. The fourth-order valence-corrected chi connectivity index (χ4v) is 2.19. The van der Waals surface area contributed by atoms with Crippen LogP contribution in [0.5, 0.6) is 0 Å². The van der Waals surface area contributed by atoms with Gasteiger partial charge in [-0.15, -0.1) is 0 Å². The lowest BCUT2D eigenvalue weighted by Crippen LogP contribution is -2.15. The number of unbranched alkanes of at least 4 members (excludes halogenated alkanes) is 3. The van der Waals surface area contributed by atoms with Gasteiger partial charge < -0.3 is 16.8 Å². The van der Waals surface area contributed by atoms with Crippen LogP contribution in [-0.4, -0.2) is 12.5 Å². The predicted molar refractivity (Wildman–Crippen MR) is 85.7 cm³/mol. The molecule has 1 aromatic rings. The highest BCUT2D eigenvalue weighted by atomic mass is 19.1. The molecule has 0 saturated carbocycles. The average molecular weight is 295 g/mol. The van der Waals surface area contributed by atoms with E-state index in [9.17, 15) is 9.18 Å². The Bertz CT molecular complexity index is 475. The number of amides is 1. The van der Waals surface area contributed by atoms with E-state index in [0.29, 0.717) is 6.54 Å². The molecule has 5 N–H and O–H groups in total. The van der Waals surface area contributed by atoms with Crippen LogP contribution in [0.25, 0.3) is 0 Å². The summed E-state index contributed by atoms with van der Waals surface area (Å²) in [6.07, 6.45) is 5.76. The second-order valence-corrected chi connectivity index (χ2v) is 5.81. The molecule has 0 aromatic heterocycles. The maximum atomic E-state index is 13.7. The quantitative estimate of drug-likeness (QED) is 0.481. The second-order valence-electron chi connectivity index (χ2n) is 5.81. The van der Waals surface area contributed by atoms with Gasteiger partial charge in [0.1, 0.15) is 5.82 Å². The molecule has 118 valence electrons. The van der Waals surface area contributed by atoms with Gasteiger partial charge in [-0.1, -0.05) is 39.5 Å². The normalized spacial score (nSPS) is 10.9. The number of hydrogen-bond acceptors (Lipinski definition) is 3. The number of halogens is 1. The summed E-state index contributed by atoms with van der Waals surface area (Å²) in [5.74, 6) is -0.360. The van der Waals surface area contributed by atoms with E-state index in [0.717, 1.165) is 24.8 Å². The molecular formula is C16H26FN3O. The van der Waals surface area contributed by atoms with E-state index in [-0.39, 0.29) is 16.9 Å². The molecule has 0 heterocycles. The van der Waals surface area contributed by atoms with Gasteiger partial charge in [-0.05, 0) is 24.5 Å². The zero-order valence-electron chi connectivity index (χ0n) is 12.9. The monoisotopic (exact) mass is 295 g/mol. The van der Waals surface area contributed by atoms with E-state index >= 15 is 0 Å². The molecule has 0 unspecified atom stereocenters. The Hall–Kier alpha value is -1.78. The minimum Gasteiger partial charge on any atom is -0.398 e. The van der Waals surface area contributed by atoms with Crippen LogP contribution >= 0.6 is 0 Å². The fourth-order valence-electron chi connectivity index (χ4n) is 2.19. The summed E-state index contributed by atoms with van der Waals surface area (Å²) < 4.78 is 13.7. The molecule has 1 rings (SSSR count). The summed E-state index contributed by atoms with van der Waals surface area (Å²) in [6.45, 7) is 5.12. The first kappa shape index (κ1) is 17.3. The lowest BCUT2D eigenvalue weighted by molar-refractivity contribution is 0.100. The Balaban J connectivity index is 2.38. The van der Waals surface area contributed by atoms with Crippen LogP contribution in [0.3, 0.4) is 0 Å². The number of nitrogen functional groups attached to an aromatic ring is 1. The summed E-state index contributed by atoms with van der Waals surface area (Å²) in [5.41, 5.74) is 11.3. The third-order valence-corrected chi connectivity index (χ3v) is 3.43. The second kappa shape index (κ2) is 8.49. The van der Waals surface area contributed by atoms with Crippen molar-refractivity contribution >= 4 is 17.3 Å². The summed E-state index contributed by atoms with van der Waals surface area (Å²) in [6, 6.07) is 2.51. The Labute approximate surface area is 126 Å². The minimum atomic E-state index is -0.649. The molecule has 4 nitrogen and oxygen atoms in total. The Morgan fingerprint density at radius 3 is 2.52 bits per heavy atom. The third-order valence-electron chi connectivity index (χ3n) is 3.43. The maximum absolute atomic E-state index is 13.7. The number of nitrogens with one attached hydrogen (secondary N) is 1. The van der Waals surface area contributed by atoms with Gasteiger partial charge >= 0.3 is 0 Å². The number of benzene rings is 1. The molecule has 0 aliphatic rings. The number of carbonyl (C=O) groups is 1. The molecule has 0 aliphatic heterocycles. The van der Waals surface area contributed by atoms with Crippen molar-refractivity contribution in [2.24, 2.45) is 11.7 Å². The fraction of sp³-hybridized carbons (Fsp3) is 0.562. The van der Waals surface area contributed by atoms with E-state index in [2.05, 4.69) is 19.2 Å². The first-order valence-electron chi connectivity index (χ1n) is 7.54. The van der Waals surface area contributed by atoms with E-state index in [1.54, 1.807) is 0 Å². The van der Waals surface area contributed by atoms with E-state index < -0.39 is 11.7 Å². The number of hydrogen-bond donors (Lipinski definition) is 3. The maximum Gasteiger partial charge on any atom is 0.250 e. The largest absolute Gasteiger partial charge is 0.398 e. The number of nitrogens with two attached hydrogens (primary N) is 2. The molecule has 0 radical (unpaired) electrons. The van der Waals surface area contributed by atoms with Crippen molar-refractivity contribution in [3.63, 3.8) is 0 Å². The lowest BCUT2D eigenvalue weighted by atomic mass is 10.0. The number of primary amides is 1. The van der Waals surface area contributed by atoms with Gasteiger partial charge in [0.05, 0.1) is 11.3 Å². The molecule has 5 heteroatoms. The van der Waals surface area contributed by atoms with Crippen molar-refractivity contribution in [2.45, 2.75) is 46.0 Å². The minimum absolute atomic E-state index is 0.0687. The molecule has 0 saturated heterocycles. The molecule has 0 aliphatic carbocycles. The molecule has 1 aromatic carbocycles. The summed E-state index contributed by atoms with van der Waals surface area (Å²) >= 11 is 0. The van der Waals surface area contributed by atoms with Crippen molar-refractivity contribution in [3.05, 3.63) is 23.5 Å². The topological polar surface area (TPSA) is 81.1 Å². The predicted octanol–water partition coefficient (Wildman–Crippen LogP) is 3.53. The van der Waals surface area contributed by atoms with Gasteiger partial charge in [0.25, 0.3) is 5.91 Å². The van der Waals surface area contributed by atoms with Crippen LogP contribution in [0.15, 0.2) is 12.1 Å². The van der Waals surface area contributed by atoms with Gasteiger partial charge in [0, 0.05) is 12.2 Å². The molecular weight excluding hydrogens is 269 g/mol. The van der Waals surface area contributed by atoms with Crippen LogP contribution in [0.1, 0.15) is 56.3 Å². The van der Waals surface area contributed by atoms with Gasteiger partial charge in [0.15, 0.2) is 0 Å². The molecule has 1 amide bonds. The Morgan fingerprint density at radius 1 is 1.24 bits per heavy atom. The number of rotatable bonds is 9. The van der Waals surface area contributed by atoms with Gasteiger partial charge in [-0.2, -0.15) is 0 Å². The summed E-state index contributed by atoms with van der Waals surface area (Å²) in [4.78, 5) is 11.2. The van der Waals surface area contributed by atoms with E-state index in [4.69, 9.17) is 11.5 Å². The van der Waals surface area contributed by atoms with Crippen molar-refractivity contribution < 1.29 is 9.18 Å². The smallest absolute Gasteiger partial charge is 0.250 e. The first-order valence-corrected chi connectivity index (χ1v) is 7.54. The zero-order valence-corrected chi connectivity index (χ0v) is 12.9. The third kappa shape index (κ3) is 6.02. The molecule has 0 spiro atoms. The first-order chi connectivity index (χ1) is 9.91. The SMILES string of the molecule is CC(C)CCCCCCNc1cc(C(N)=O)c(N)cc1F. The number of carbonyl (C=O) groups excluding carboxylic acids is 1. The van der Waals surface area contributed by atoms with Gasteiger partial charge in [-0.25, -0.2) is 4.39 Å². The van der Waals surface area contributed by atoms with Gasteiger partial charge in [0.2, 0.25) is 0 Å². The van der Waals surface area contributed by atoms with Crippen molar-refractivity contribution in [3.8, 4) is 0 Å². The number of anilines is 2. The van der Waals surface area contributed by atoms with Crippen LogP contribution in [0, 0.1) is 11.7 Å². The Kier molecular flexibility index (Phi) is 6.99. The van der Waals surface area contributed by atoms with Crippen LogP contribution in [0.2, 0.25) is 0 Å². The highest BCUT2D eigenvalue weighted by molar-refractivity contribution is 5.99. The highest BCUT2D eigenvalue weighted by Crippen LogP contribution is 2.22. The Morgan fingerprint density at radius 2 is 1.90 bits per heavy atom. The molecule has 0 bridgehead atoms. The molecule has 21 heavy (non-hydrogen) atoms. The zero-order chi connectivity index (χ0) is 15.8. The van der Waals surface area contributed by atoms with Crippen LogP contribution in [-0.2, 0) is 0 Å². The lowest BCUT2D eigenvalue weighted by Gasteiger charge is -2.10. The standard InChI is InChI=1S/C16H26FN3O/c1-11(2)7-5-3-4-6-8-20-15-9-12(16(19)21)14(18)10-13(15)17/h9-11,20H,3-8,18H2,1-2H3,(H2,19,21). The van der Waals surface area contributed by atoms with Crippen molar-refractivity contribution in [1.29, 1.82) is 0 Å². The van der Waals surface area contributed by atoms with E-state index in [1.165, 1.54) is 25.3 Å². The van der Waals surface area contributed by atoms with Crippen molar-refractivity contribution in [2.75, 3.05) is 17.6 Å². The average Bonchev–Trinajstić information content (AvgIpc) is 2.38. The van der Waals surface area contributed by atoms with Crippen molar-refractivity contribution in [1.82, 2.24) is 0 Å².